The second-order valence-corrected chi connectivity index (χ2v) is 7.91. The summed E-state index contributed by atoms with van der Waals surface area (Å²) < 4.78 is 1.56. The first kappa shape index (κ1) is 20.6. The van der Waals surface area contributed by atoms with Crippen molar-refractivity contribution in [2.24, 2.45) is 0 Å². The van der Waals surface area contributed by atoms with Crippen molar-refractivity contribution >= 4 is 27.8 Å². The molecule has 0 radical (unpaired) electrons. The number of aromatic nitrogens is 4. The molecule has 0 aliphatic heterocycles. The van der Waals surface area contributed by atoms with Crippen molar-refractivity contribution in [3.8, 4) is 0 Å². The smallest absolute Gasteiger partial charge is 0.261 e. The maximum absolute atomic E-state index is 12.8. The molecule has 0 fully saturated rings. The molecule has 2 aromatic heterocycles. The average molecular weight is 438 g/mol. The molecule has 5 rings (SSSR count). The van der Waals surface area contributed by atoms with Crippen LogP contribution in [0.4, 0.5) is 0 Å². The van der Waals surface area contributed by atoms with E-state index in [0.29, 0.717) is 29.7 Å². The number of amides is 1. The molecular weight excluding hydrogens is 414 g/mol. The molecule has 0 saturated heterocycles. The third-order valence-electron chi connectivity index (χ3n) is 5.65. The zero-order chi connectivity index (χ0) is 22.6. The summed E-state index contributed by atoms with van der Waals surface area (Å²) in [6.45, 7) is 0.421. The number of rotatable bonds is 7. The summed E-state index contributed by atoms with van der Waals surface area (Å²) in [6.07, 6.45) is 2.35. The van der Waals surface area contributed by atoms with E-state index in [2.05, 4.69) is 20.3 Å². The highest BCUT2D eigenvalue weighted by Gasteiger charge is 2.20. The maximum atomic E-state index is 12.8. The Kier molecular flexibility index (Phi) is 5.68. The summed E-state index contributed by atoms with van der Waals surface area (Å²) in [6, 6.07) is 24.4. The van der Waals surface area contributed by atoms with Gasteiger partial charge in [0.15, 0.2) is 0 Å². The van der Waals surface area contributed by atoms with Crippen LogP contribution in [0.3, 0.4) is 0 Å². The van der Waals surface area contributed by atoms with Crippen LogP contribution < -0.4 is 10.9 Å². The number of hydrogen-bond donors (Lipinski definition) is 2. The van der Waals surface area contributed by atoms with Crippen molar-refractivity contribution in [2.75, 3.05) is 0 Å². The molecule has 7 heteroatoms. The summed E-state index contributed by atoms with van der Waals surface area (Å²) >= 11 is 0. The third kappa shape index (κ3) is 4.39. The van der Waals surface area contributed by atoms with Crippen molar-refractivity contribution < 1.29 is 4.79 Å². The van der Waals surface area contributed by atoms with Crippen LogP contribution in [0.1, 0.15) is 30.3 Å². The van der Waals surface area contributed by atoms with Gasteiger partial charge >= 0.3 is 0 Å². The topological polar surface area (TPSA) is 92.7 Å². The van der Waals surface area contributed by atoms with Crippen LogP contribution in [0, 0.1) is 0 Å². The first-order chi connectivity index (χ1) is 16.2. The van der Waals surface area contributed by atoms with E-state index >= 15 is 0 Å². The molecule has 0 unspecified atom stereocenters. The number of aryl methyl sites for hydroxylation is 1. The fourth-order valence-electron chi connectivity index (χ4n) is 3.97. The number of benzene rings is 3. The maximum Gasteiger partial charge on any atom is 0.261 e. The van der Waals surface area contributed by atoms with Crippen LogP contribution in [0.15, 0.2) is 90.0 Å². The van der Waals surface area contributed by atoms with E-state index in [1.165, 1.54) is 0 Å². The molecule has 0 aliphatic rings. The molecule has 5 aromatic rings. The number of nitrogens with one attached hydrogen (secondary N) is 2. The Morgan fingerprint density at radius 1 is 0.939 bits per heavy atom. The molecule has 1 atom stereocenters. The molecule has 1 amide bonds. The number of hydrogen-bond acceptors (Lipinski definition) is 4. The van der Waals surface area contributed by atoms with Gasteiger partial charge in [-0.3, -0.25) is 14.2 Å². The number of carbonyl (C=O) groups is 1. The number of carbonyl (C=O) groups excluding carboxylic acids is 1. The molecule has 164 valence electrons. The lowest BCUT2D eigenvalue weighted by Gasteiger charge is -2.17. The van der Waals surface area contributed by atoms with Crippen molar-refractivity contribution in [1.29, 1.82) is 0 Å². The van der Waals surface area contributed by atoms with Crippen LogP contribution in [0.2, 0.25) is 0 Å². The summed E-state index contributed by atoms with van der Waals surface area (Å²) in [5.74, 6) is 0.580. The Bertz CT molecular complexity index is 1440. The zero-order valence-electron chi connectivity index (χ0n) is 17.9. The minimum absolute atomic E-state index is 0.0922. The number of fused-ring (bicyclic) bond motifs is 2. The molecule has 2 heterocycles. The fraction of sp³-hybridized carbons (Fsp3) is 0.154. The van der Waals surface area contributed by atoms with Gasteiger partial charge in [0.2, 0.25) is 5.91 Å². The third-order valence-corrected chi connectivity index (χ3v) is 5.65. The number of nitrogens with zero attached hydrogens (tertiary/aromatic N) is 3. The van der Waals surface area contributed by atoms with E-state index in [9.17, 15) is 9.59 Å². The molecule has 0 bridgehead atoms. The first-order valence-corrected chi connectivity index (χ1v) is 10.9. The van der Waals surface area contributed by atoms with E-state index in [4.69, 9.17) is 0 Å². The lowest BCUT2D eigenvalue weighted by Crippen LogP contribution is -2.30. The highest BCUT2D eigenvalue weighted by molar-refractivity contribution is 5.78. The van der Waals surface area contributed by atoms with Crippen molar-refractivity contribution in [3.63, 3.8) is 0 Å². The van der Waals surface area contributed by atoms with Crippen LogP contribution in [0.25, 0.3) is 21.9 Å². The average Bonchev–Trinajstić information content (AvgIpc) is 3.29. The summed E-state index contributed by atoms with van der Waals surface area (Å²) in [7, 11) is 0. The van der Waals surface area contributed by atoms with Crippen LogP contribution in [-0.2, 0) is 11.3 Å². The van der Waals surface area contributed by atoms with Gasteiger partial charge in [-0.05, 0) is 36.2 Å². The Morgan fingerprint density at radius 3 is 2.48 bits per heavy atom. The van der Waals surface area contributed by atoms with Gasteiger partial charge in [-0.2, -0.15) is 0 Å². The highest BCUT2D eigenvalue weighted by atomic mass is 16.1. The highest BCUT2D eigenvalue weighted by Crippen LogP contribution is 2.22. The van der Waals surface area contributed by atoms with E-state index in [1.807, 2.05) is 72.8 Å². The summed E-state index contributed by atoms with van der Waals surface area (Å²) in [5, 5.41) is 3.69. The van der Waals surface area contributed by atoms with Crippen molar-refractivity contribution in [3.05, 3.63) is 107 Å². The fourth-order valence-corrected chi connectivity index (χ4v) is 3.97. The minimum atomic E-state index is -0.392. The summed E-state index contributed by atoms with van der Waals surface area (Å²) in [4.78, 5) is 37.8. The molecule has 0 saturated carbocycles. The minimum Gasteiger partial charge on any atom is -0.342 e. The Hall–Kier alpha value is -4.26. The van der Waals surface area contributed by atoms with Gasteiger partial charge in [0.05, 0.1) is 28.3 Å². The van der Waals surface area contributed by atoms with Gasteiger partial charge in [0.25, 0.3) is 5.56 Å². The first-order valence-electron chi connectivity index (χ1n) is 10.9. The van der Waals surface area contributed by atoms with Crippen molar-refractivity contribution in [2.45, 2.75) is 25.4 Å². The van der Waals surface area contributed by atoms with Gasteiger partial charge in [-0.15, -0.1) is 0 Å². The second kappa shape index (κ2) is 9.08. The molecule has 7 nitrogen and oxygen atoms in total. The van der Waals surface area contributed by atoms with Crippen LogP contribution in [-0.4, -0.2) is 25.4 Å². The molecule has 0 aliphatic carbocycles. The molecule has 33 heavy (non-hydrogen) atoms. The van der Waals surface area contributed by atoms with Crippen molar-refractivity contribution in [1.82, 2.24) is 24.8 Å². The predicted octanol–water partition coefficient (Wildman–Crippen LogP) is 3.96. The normalized spacial score (nSPS) is 12.1. The van der Waals surface area contributed by atoms with Gasteiger partial charge in [0, 0.05) is 13.0 Å². The van der Waals surface area contributed by atoms with E-state index in [-0.39, 0.29) is 17.9 Å². The lowest BCUT2D eigenvalue weighted by molar-refractivity contribution is -0.121. The monoisotopic (exact) mass is 437 g/mol. The van der Waals surface area contributed by atoms with Crippen LogP contribution >= 0.6 is 0 Å². The van der Waals surface area contributed by atoms with Gasteiger partial charge < -0.3 is 10.3 Å². The SMILES string of the molecule is O=C(CCCn1cnc2ccccc2c1=O)N[C@@H](c1ccccc1)c1nc2ccccc2[nH]1. The summed E-state index contributed by atoms with van der Waals surface area (Å²) in [5.41, 5.74) is 3.30. The van der Waals surface area contributed by atoms with Gasteiger partial charge in [0.1, 0.15) is 11.9 Å². The Labute approximate surface area is 190 Å². The van der Waals surface area contributed by atoms with E-state index in [1.54, 1.807) is 17.0 Å². The molecule has 2 N–H and O–H groups in total. The molecule has 0 spiro atoms. The Balaban J connectivity index is 1.30. The van der Waals surface area contributed by atoms with E-state index in [0.717, 1.165) is 16.6 Å². The Morgan fingerprint density at radius 2 is 1.67 bits per heavy atom. The second-order valence-electron chi connectivity index (χ2n) is 7.91. The van der Waals surface area contributed by atoms with Gasteiger partial charge in [-0.1, -0.05) is 54.6 Å². The predicted molar refractivity (Wildman–Crippen MR) is 128 cm³/mol. The van der Waals surface area contributed by atoms with E-state index < -0.39 is 6.04 Å². The van der Waals surface area contributed by atoms with Gasteiger partial charge in [-0.25, -0.2) is 9.97 Å². The largest absolute Gasteiger partial charge is 0.342 e. The number of para-hydroxylation sites is 3. The van der Waals surface area contributed by atoms with Crippen LogP contribution in [0.5, 0.6) is 0 Å². The lowest BCUT2D eigenvalue weighted by atomic mass is 10.1. The molecule has 3 aromatic carbocycles. The zero-order valence-corrected chi connectivity index (χ0v) is 17.9. The number of imidazole rings is 1. The quantitative estimate of drug-likeness (QED) is 0.403. The number of aromatic amines is 1. The molecular formula is C26H23N5O2. The standard InChI is InChI=1S/C26H23N5O2/c32-23(15-8-16-31-17-27-20-12-5-4-11-19(20)26(31)33)30-24(18-9-2-1-3-10-18)25-28-21-13-6-7-14-22(21)29-25/h1-7,9-14,17,24H,8,15-16H2,(H,28,29)(H,30,32)/t24-/m0/s1. The number of H-pyrrole nitrogens is 1.